The van der Waals surface area contributed by atoms with Gasteiger partial charge in [0.05, 0.1) is 0 Å². The van der Waals surface area contributed by atoms with Crippen molar-refractivity contribution >= 4 is 5.91 Å². The van der Waals surface area contributed by atoms with Gasteiger partial charge in [0, 0.05) is 12.0 Å². The van der Waals surface area contributed by atoms with Gasteiger partial charge < -0.3 is 5.32 Å². The number of hydrogen-bond acceptors (Lipinski definition) is 1. The average molecular weight is 209 g/mol. The van der Waals surface area contributed by atoms with Gasteiger partial charge in [-0.25, -0.2) is 0 Å². The summed E-state index contributed by atoms with van der Waals surface area (Å²) >= 11 is 0. The Kier molecular flexibility index (Phi) is 3.03. The third kappa shape index (κ3) is 2.19. The molecule has 0 aromatic heterocycles. The third-order valence-electron chi connectivity index (χ3n) is 4.42. The van der Waals surface area contributed by atoms with Crippen molar-refractivity contribution in [2.45, 2.75) is 64.3 Å². The average Bonchev–Trinajstić information content (AvgIpc) is 2.77. The Morgan fingerprint density at radius 3 is 2.53 bits per heavy atom. The van der Waals surface area contributed by atoms with Crippen molar-refractivity contribution in [1.82, 2.24) is 5.32 Å². The van der Waals surface area contributed by atoms with Gasteiger partial charge in [0.2, 0.25) is 5.91 Å². The van der Waals surface area contributed by atoms with E-state index in [9.17, 15) is 4.79 Å². The zero-order chi connectivity index (χ0) is 10.9. The molecule has 1 amide bonds. The molecule has 0 spiro atoms. The SMILES string of the molecule is CC(C)C1(CC2CCCC2)CCC(=O)N1. The van der Waals surface area contributed by atoms with Crippen molar-refractivity contribution in [2.24, 2.45) is 11.8 Å². The molecule has 1 aliphatic heterocycles. The second kappa shape index (κ2) is 4.15. The number of hydrogen-bond donors (Lipinski definition) is 1. The number of amides is 1. The third-order valence-corrected chi connectivity index (χ3v) is 4.42. The van der Waals surface area contributed by atoms with Crippen molar-refractivity contribution in [3.05, 3.63) is 0 Å². The lowest BCUT2D eigenvalue weighted by molar-refractivity contribution is -0.120. The highest BCUT2D eigenvalue weighted by molar-refractivity contribution is 5.79. The van der Waals surface area contributed by atoms with Gasteiger partial charge in [-0.15, -0.1) is 0 Å². The summed E-state index contributed by atoms with van der Waals surface area (Å²) < 4.78 is 0. The normalized spacial score (nSPS) is 32.6. The van der Waals surface area contributed by atoms with Gasteiger partial charge in [0.25, 0.3) is 0 Å². The van der Waals surface area contributed by atoms with Gasteiger partial charge in [-0.05, 0) is 24.7 Å². The Morgan fingerprint density at radius 2 is 2.07 bits per heavy atom. The zero-order valence-corrected chi connectivity index (χ0v) is 10.0. The maximum atomic E-state index is 11.4. The van der Waals surface area contributed by atoms with Gasteiger partial charge in [-0.2, -0.15) is 0 Å². The van der Waals surface area contributed by atoms with E-state index in [-0.39, 0.29) is 11.4 Å². The van der Waals surface area contributed by atoms with Gasteiger partial charge in [-0.1, -0.05) is 39.5 Å². The van der Waals surface area contributed by atoms with Crippen LogP contribution in [-0.4, -0.2) is 11.4 Å². The van der Waals surface area contributed by atoms with E-state index in [1.807, 2.05) is 0 Å². The van der Waals surface area contributed by atoms with Crippen molar-refractivity contribution in [1.29, 1.82) is 0 Å². The number of carbonyl (C=O) groups excluding carboxylic acids is 1. The number of rotatable bonds is 3. The summed E-state index contributed by atoms with van der Waals surface area (Å²) in [6.07, 6.45) is 8.57. The van der Waals surface area contributed by atoms with Gasteiger partial charge >= 0.3 is 0 Å². The zero-order valence-electron chi connectivity index (χ0n) is 10.0. The summed E-state index contributed by atoms with van der Waals surface area (Å²) in [5.41, 5.74) is 0.131. The van der Waals surface area contributed by atoms with Crippen LogP contribution in [0, 0.1) is 11.8 Å². The van der Waals surface area contributed by atoms with E-state index >= 15 is 0 Å². The predicted molar refractivity (Wildman–Crippen MR) is 61.5 cm³/mol. The monoisotopic (exact) mass is 209 g/mol. The molecule has 0 radical (unpaired) electrons. The van der Waals surface area contributed by atoms with Crippen LogP contribution in [-0.2, 0) is 4.79 Å². The van der Waals surface area contributed by atoms with Crippen LogP contribution in [0.2, 0.25) is 0 Å². The summed E-state index contributed by atoms with van der Waals surface area (Å²) in [6.45, 7) is 4.50. The molecule has 86 valence electrons. The highest BCUT2D eigenvalue weighted by atomic mass is 16.2. The number of nitrogens with one attached hydrogen (secondary N) is 1. The molecule has 1 heterocycles. The van der Waals surface area contributed by atoms with E-state index < -0.39 is 0 Å². The molecule has 1 N–H and O–H groups in total. The highest BCUT2D eigenvalue weighted by Crippen LogP contribution is 2.39. The molecular formula is C13H23NO. The van der Waals surface area contributed by atoms with E-state index in [1.54, 1.807) is 0 Å². The van der Waals surface area contributed by atoms with Gasteiger partial charge in [-0.3, -0.25) is 4.79 Å². The van der Waals surface area contributed by atoms with Crippen LogP contribution in [0.3, 0.4) is 0 Å². The fourth-order valence-electron chi connectivity index (χ4n) is 3.29. The standard InChI is InChI=1S/C13H23NO/c1-10(2)13(8-7-12(15)14-13)9-11-5-3-4-6-11/h10-11H,3-9H2,1-2H3,(H,14,15). The molecule has 2 aliphatic rings. The molecule has 1 atom stereocenters. The molecule has 0 bridgehead atoms. The first-order valence-corrected chi connectivity index (χ1v) is 6.43. The van der Waals surface area contributed by atoms with Crippen LogP contribution in [0.1, 0.15) is 58.8 Å². The minimum atomic E-state index is 0.131. The highest BCUT2D eigenvalue weighted by Gasteiger charge is 2.42. The number of carbonyl (C=O) groups is 1. The molecule has 2 rings (SSSR count). The van der Waals surface area contributed by atoms with Gasteiger partial charge in [0.1, 0.15) is 0 Å². The molecule has 15 heavy (non-hydrogen) atoms. The van der Waals surface area contributed by atoms with Crippen molar-refractivity contribution < 1.29 is 4.79 Å². The van der Waals surface area contributed by atoms with Gasteiger partial charge in [0.15, 0.2) is 0 Å². The minimum Gasteiger partial charge on any atom is -0.350 e. The molecule has 1 unspecified atom stereocenters. The van der Waals surface area contributed by atoms with Crippen molar-refractivity contribution in [2.75, 3.05) is 0 Å². The van der Waals surface area contributed by atoms with Crippen LogP contribution in [0.4, 0.5) is 0 Å². The lowest BCUT2D eigenvalue weighted by Gasteiger charge is -2.36. The van der Waals surface area contributed by atoms with Crippen LogP contribution < -0.4 is 5.32 Å². The lowest BCUT2D eigenvalue weighted by atomic mass is 9.77. The van der Waals surface area contributed by atoms with E-state index in [4.69, 9.17) is 0 Å². The van der Waals surface area contributed by atoms with Crippen LogP contribution in [0.15, 0.2) is 0 Å². The van der Waals surface area contributed by atoms with Crippen LogP contribution >= 0.6 is 0 Å². The fraction of sp³-hybridized carbons (Fsp3) is 0.923. The molecule has 1 saturated carbocycles. The first kappa shape index (κ1) is 11.0. The maximum Gasteiger partial charge on any atom is 0.220 e. The van der Waals surface area contributed by atoms with Crippen molar-refractivity contribution in [3.8, 4) is 0 Å². The Hall–Kier alpha value is -0.530. The predicted octanol–water partition coefficient (Wildman–Crippen LogP) is 2.87. The minimum absolute atomic E-state index is 0.131. The Morgan fingerprint density at radius 1 is 1.40 bits per heavy atom. The molecular weight excluding hydrogens is 186 g/mol. The fourth-order valence-corrected chi connectivity index (χ4v) is 3.29. The molecule has 0 aromatic rings. The van der Waals surface area contributed by atoms with Crippen LogP contribution in [0.25, 0.3) is 0 Å². The van der Waals surface area contributed by atoms with E-state index in [1.165, 1.54) is 32.1 Å². The first-order chi connectivity index (χ1) is 7.12. The molecule has 1 aliphatic carbocycles. The molecule has 0 aromatic carbocycles. The van der Waals surface area contributed by atoms with Crippen molar-refractivity contribution in [3.63, 3.8) is 0 Å². The Balaban J connectivity index is 2.02. The molecule has 2 nitrogen and oxygen atoms in total. The molecule has 2 fully saturated rings. The summed E-state index contributed by atoms with van der Waals surface area (Å²) in [5.74, 6) is 1.71. The van der Waals surface area contributed by atoms with E-state index in [2.05, 4.69) is 19.2 Å². The topological polar surface area (TPSA) is 29.1 Å². The molecule has 2 heteroatoms. The summed E-state index contributed by atoms with van der Waals surface area (Å²) in [5, 5.41) is 3.25. The summed E-state index contributed by atoms with van der Waals surface area (Å²) in [6, 6.07) is 0. The molecule has 1 saturated heterocycles. The van der Waals surface area contributed by atoms with E-state index in [0.29, 0.717) is 5.92 Å². The Labute approximate surface area is 92.8 Å². The summed E-state index contributed by atoms with van der Waals surface area (Å²) in [4.78, 5) is 11.4. The summed E-state index contributed by atoms with van der Waals surface area (Å²) in [7, 11) is 0. The largest absolute Gasteiger partial charge is 0.350 e. The first-order valence-electron chi connectivity index (χ1n) is 6.43. The second-order valence-corrected chi connectivity index (χ2v) is 5.71. The second-order valence-electron chi connectivity index (χ2n) is 5.71. The van der Waals surface area contributed by atoms with Crippen LogP contribution in [0.5, 0.6) is 0 Å². The maximum absolute atomic E-state index is 11.4. The van der Waals surface area contributed by atoms with E-state index in [0.717, 1.165) is 18.8 Å². The Bertz CT molecular complexity index is 243. The lowest BCUT2D eigenvalue weighted by Crippen LogP contribution is -2.47. The smallest absolute Gasteiger partial charge is 0.220 e. The quantitative estimate of drug-likeness (QED) is 0.761.